The number of aromatic nitrogens is 2. The highest BCUT2D eigenvalue weighted by Gasteiger charge is 2.14. The van der Waals surface area contributed by atoms with Gasteiger partial charge in [-0.05, 0) is 48.0 Å². The van der Waals surface area contributed by atoms with Gasteiger partial charge in [0.1, 0.15) is 0 Å². The van der Waals surface area contributed by atoms with E-state index >= 15 is 0 Å². The molecule has 134 valence electrons. The number of fused-ring (bicyclic) bond motifs is 1. The van der Waals surface area contributed by atoms with E-state index in [1.165, 1.54) is 11.8 Å². The zero-order chi connectivity index (χ0) is 18.8. The fourth-order valence-corrected chi connectivity index (χ4v) is 4.35. The van der Waals surface area contributed by atoms with Gasteiger partial charge in [0.15, 0.2) is 5.16 Å². The number of benzene rings is 3. The summed E-state index contributed by atoms with van der Waals surface area (Å²) in [5, 5.41) is 1.95. The van der Waals surface area contributed by atoms with Gasteiger partial charge in [-0.25, -0.2) is 4.98 Å². The Kier molecular flexibility index (Phi) is 5.34. The van der Waals surface area contributed by atoms with Crippen LogP contribution in [0.2, 0.25) is 5.02 Å². The molecule has 0 N–H and O–H groups in total. The van der Waals surface area contributed by atoms with Crippen molar-refractivity contribution in [3.8, 4) is 5.69 Å². The Morgan fingerprint density at radius 3 is 2.44 bits per heavy atom. The minimum Gasteiger partial charge on any atom is -0.268 e. The van der Waals surface area contributed by atoms with Gasteiger partial charge in [0.05, 0.1) is 16.6 Å². The van der Waals surface area contributed by atoms with Crippen molar-refractivity contribution in [2.24, 2.45) is 0 Å². The Hall–Kier alpha value is -2.08. The number of halogens is 2. The average Bonchev–Trinajstić information content (AvgIpc) is 2.69. The molecule has 0 radical (unpaired) electrons. The lowest BCUT2D eigenvalue weighted by Gasteiger charge is -2.13. The van der Waals surface area contributed by atoms with E-state index in [0.29, 0.717) is 26.8 Å². The topological polar surface area (TPSA) is 34.9 Å². The number of rotatable bonds is 4. The molecule has 3 nitrogen and oxygen atoms in total. The molecular formula is C21H14BrClN2OS. The van der Waals surface area contributed by atoms with Gasteiger partial charge in [0.2, 0.25) is 0 Å². The first kappa shape index (κ1) is 18.3. The van der Waals surface area contributed by atoms with Crippen LogP contribution in [0.25, 0.3) is 16.6 Å². The first-order chi connectivity index (χ1) is 13.1. The molecule has 0 unspecified atom stereocenters. The van der Waals surface area contributed by atoms with Gasteiger partial charge in [-0.15, -0.1) is 0 Å². The molecule has 0 aliphatic carbocycles. The third-order valence-electron chi connectivity index (χ3n) is 4.14. The van der Waals surface area contributed by atoms with E-state index in [1.54, 1.807) is 4.57 Å². The van der Waals surface area contributed by atoms with E-state index in [1.807, 2.05) is 72.8 Å². The third kappa shape index (κ3) is 3.81. The van der Waals surface area contributed by atoms with Crippen LogP contribution in [-0.4, -0.2) is 9.55 Å². The number of hydrogen-bond donors (Lipinski definition) is 0. The van der Waals surface area contributed by atoms with Gasteiger partial charge in [-0.2, -0.15) is 0 Å². The summed E-state index contributed by atoms with van der Waals surface area (Å²) in [6.07, 6.45) is 0. The van der Waals surface area contributed by atoms with Crippen LogP contribution in [0.3, 0.4) is 0 Å². The average molecular weight is 458 g/mol. The predicted molar refractivity (Wildman–Crippen MR) is 116 cm³/mol. The molecule has 1 heterocycles. The minimum absolute atomic E-state index is 0.0791. The standard InChI is InChI=1S/C21H14BrClN2OS/c22-15-9-11-16(12-10-15)25-20(26)17-6-2-4-8-19(17)24-21(25)27-13-14-5-1-3-7-18(14)23/h1-12H,13H2. The van der Waals surface area contributed by atoms with Gasteiger partial charge >= 0.3 is 0 Å². The molecule has 0 fully saturated rings. The SMILES string of the molecule is O=c1c2ccccc2nc(SCc2ccccc2Cl)n1-c1ccc(Br)cc1. The monoisotopic (exact) mass is 456 g/mol. The Morgan fingerprint density at radius 2 is 1.67 bits per heavy atom. The lowest BCUT2D eigenvalue weighted by atomic mass is 10.2. The lowest BCUT2D eigenvalue weighted by molar-refractivity contribution is 0.819. The molecule has 0 amide bonds. The van der Waals surface area contributed by atoms with E-state index in [0.717, 1.165) is 15.7 Å². The summed E-state index contributed by atoms with van der Waals surface area (Å²) in [7, 11) is 0. The van der Waals surface area contributed by atoms with Gasteiger partial charge in [0.25, 0.3) is 5.56 Å². The molecule has 0 saturated heterocycles. The third-order valence-corrected chi connectivity index (χ3v) is 6.03. The fraction of sp³-hybridized carbons (Fsp3) is 0.0476. The van der Waals surface area contributed by atoms with Crippen LogP contribution in [0.4, 0.5) is 0 Å². The van der Waals surface area contributed by atoms with Crippen LogP contribution < -0.4 is 5.56 Å². The molecule has 4 rings (SSSR count). The summed E-state index contributed by atoms with van der Waals surface area (Å²) < 4.78 is 2.62. The van der Waals surface area contributed by atoms with Crippen molar-refractivity contribution in [3.63, 3.8) is 0 Å². The first-order valence-corrected chi connectivity index (χ1v) is 10.4. The maximum absolute atomic E-state index is 13.2. The van der Waals surface area contributed by atoms with Gasteiger partial charge in [-0.3, -0.25) is 9.36 Å². The van der Waals surface area contributed by atoms with Crippen molar-refractivity contribution in [2.75, 3.05) is 0 Å². The van der Waals surface area contributed by atoms with Gasteiger partial charge in [-0.1, -0.05) is 69.6 Å². The van der Waals surface area contributed by atoms with Crippen LogP contribution in [0.1, 0.15) is 5.56 Å². The van der Waals surface area contributed by atoms with E-state index in [-0.39, 0.29) is 5.56 Å². The summed E-state index contributed by atoms with van der Waals surface area (Å²) in [4.78, 5) is 17.9. The summed E-state index contributed by atoms with van der Waals surface area (Å²) in [6, 6.07) is 22.8. The number of hydrogen-bond acceptors (Lipinski definition) is 3. The summed E-state index contributed by atoms with van der Waals surface area (Å²) >= 11 is 11.2. The molecule has 0 spiro atoms. The molecule has 0 aliphatic heterocycles. The van der Waals surface area contributed by atoms with Crippen molar-refractivity contribution in [3.05, 3.63) is 98.2 Å². The molecule has 0 saturated carbocycles. The molecule has 1 aromatic heterocycles. The molecule has 4 aromatic rings. The Bertz CT molecular complexity index is 1170. The summed E-state index contributed by atoms with van der Waals surface area (Å²) in [5.74, 6) is 0.626. The molecule has 0 atom stereocenters. The van der Waals surface area contributed by atoms with Crippen molar-refractivity contribution >= 4 is 50.2 Å². The molecule has 0 aliphatic rings. The second-order valence-electron chi connectivity index (χ2n) is 5.91. The highest BCUT2D eigenvalue weighted by molar-refractivity contribution is 9.10. The fourth-order valence-electron chi connectivity index (χ4n) is 2.78. The normalized spacial score (nSPS) is 11.0. The van der Waals surface area contributed by atoms with E-state index in [4.69, 9.17) is 16.6 Å². The number of para-hydroxylation sites is 1. The van der Waals surface area contributed by atoms with Crippen molar-refractivity contribution < 1.29 is 0 Å². The maximum Gasteiger partial charge on any atom is 0.266 e. The molecule has 0 bridgehead atoms. The largest absolute Gasteiger partial charge is 0.268 e. The number of thioether (sulfide) groups is 1. The van der Waals surface area contributed by atoms with Crippen LogP contribution >= 0.6 is 39.3 Å². The van der Waals surface area contributed by atoms with Crippen molar-refractivity contribution in [1.82, 2.24) is 9.55 Å². The quantitative estimate of drug-likeness (QED) is 0.274. The van der Waals surface area contributed by atoms with Crippen molar-refractivity contribution in [1.29, 1.82) is 0 Å². The highest BCUT2D eigenvalue weighted by atomic mass is 79.9. The Labute approximate surface area is 174 Å². The van der Waals surface area contributed by atoms with Crippen LogP contribution in [-0.2, 0) is 5.75 Å². The maximum atomic E-state index is 13.2. The number of nitrogens with zero attached hydrogens (tertiary/aromatic N) is 2. The summed E-state index contributed by atoms with van der Waals surface area (Å²) in [6.45, 7) is 0. The zero-order valence-electron chi connectivity index (χ0n) is 14.1. The summed E-state index contributed by atoms with van der Waals surface area (Å²) in [5.41, 5.74) is 2.40. The lowest BCUT2D eigenvalue weighted by Crippen LogP contribution is -2.21. The first-order valence-electron chi connectivity index (χ1n) is 8.27. The zero-order valence-corrected chi connectivity index (χ0v) is 17.3. The highest BCUT2D eigenvalue weighted by Crippen LogP contribution is 2.27. The second-order valence-corrected chi connectivity index (χ2v) is 8.17. The van der Waals surface area contributed by atoms with Crippen LogP contribution in [0.5, 0.6) is 0 Å². The molecule has 6 heteroatoms. The minimum atomic E-state index is -0.0791. The van der Waals surface area contributed by atoms with Gasteiger partial charge in [0, 0.05) is 15.2 Å². The second kappa shape index (κ2) is 7.89. The van der Waals surface area contributed by atoms with E-state index < -0.39 is 0 Å². The molecule has 3 aromatic carbocycles. The smallest absolute Gasteiger partial charge is 0.266 e. The van der Waals surface area contributed by atoms with Gasteiger partial charge < -0.3 is 0 Å². The Morgan fingerprint density at radius 1 is 0.963 bits per heavy atom. The molecular weight excluding hydrogens is 444 g/mol. The van der Waals surface area contributed by atoms with E-state index in [9.17, 15) is 4.79 Å². The predicted octanol–water partition coefficient (Wildman–Crippen LogP) is 6.09. The van der Waals surface area contributed by atoms with Crippen LogP contribution in [0, 0.1) is 0 Å². The molecule has 27 heavy (non-hydrogen) atoms. The van der Waals surface area contributed by atoms with Crippen molar-refractivity contribution in [2.45, 2.75) is 10.9 Å². The van der Waals surface area contributed by atoms with Crippen LogP contribution in [0.15, 0.2) is 87.2 Å². The Balaban J connectivity index is 1.84. The van der Waals surface area contributed by atoms with E-state index in [2.05, 4.69) is 15.9 Å².